The van der Waals surface area contributed by atoms with Crippen molar-refractivity contribution in [1.82, 2.24) is 0 Å². The summed E-state index contributed by atoms with van der Waals surface area (Å²) in [6.45, 7) is -0.561. The summed E-state index contributed by atoms with van der Waals surface area (Å²) in [5.74, 6) is 0.632. The molecule has 0 spiro atoms. The molecule has 0 aliphatic carbocycles. The zero-order valence-electron chi connectivity index (χ0n) is 15.2. The number of rotatable bonds is 4. The van der Waals surface area contributed by atoms with Crippen LogP contribution in [0.4, 0.5) is 0 Å². The lowest BCUT2D eigenvalue weighted by molar-refractivity contribution is -0.277. The second-order valence-corrected chi connectivity index (χ2v) is 6.81. The molecule has 4 rings (SSSR count). The minimum Gasteiger partial charge on any atom is -0.462 e. The van der Waals surface area contributed by atoms with E-state index < -0.39 is 37.3 Å². The molecule has 3 aromatic rings. The Morgan fingerprint density at radius 1 is 0.931 bits per heavy atom. The Hall–Kier alpha value is -2.75. The molecular weight excluding hydrogens is 380 g/mol. The highest BCUT2D eigenvalue weighted by atomic mass is 16.7. The fourth-order valence-electron chi connectivity index (χ4n) is 3.25. The molecule has 0 bridgehead atoms. The van der Waals surface area contributed by atoms with Crippen molar-refractivity contribution >= 4 is 11.0 Å². The average molecular weight is 400 g/mol. The van der Waals surface area contributed by atoms with Crippen molar-refractivity contribution in [2.45, 2.75) is 30.7 Å². The second kappa shape index (κ2) is 7.94. The SMILES string of the molecule is O=c1cc(-c2ccccc2)oc2ccc(O[C@@H]3OC(CO)[C@@H](O)[C@@H](O)C3O)cc12. The third kappa shape index (κ3) is 3.76. The maximum Gasteiger partial charge on any atom is 0.229 e. The monoisotopic (exact) mass is 400 g/mol. The van der Waals surface area contributed by atoms with E-state index in [1.165, 1.54) is 18.2 Å². The van der Waals surface area contributed by atoms with Gasteiger partial charge in [0, 0.05) is 11.6 Å². The van der Waals surface area contributed by atoms with E-state index in [2.05, 4.69) is 0 Å². The number of hydrogen-bond donors (Lipinski definition) is 4. The zero-order valence-corrected chi connectivity index (χ0v) is 15.2. The molecule has 5 atom stereocenters. The number of fused-ring (bicyclic) bond motifs is 1. The fraction of sp³-hybridized carbons (Fsp3) is 0.286. The van der Waals surface area contributed by atoms with E-state index in [0.29, 0.717) is 11.3 Å². The highest BCUT2D eigenvalue weighted by molar-refractivity contribution is 5.80. The van der Waals surface area contributed by atoms with Crippen molar-refractivity contribution < 1.29 is 34.3 Å². The molecule has 29 heavy (non-hydrogen) atoms. The average Bonchev–Trinajstić information content (AvgIpc) is 2.75. The molecule has 1 fully saturated rings. The minimum atomic E-state index is -1.55. The summed E-state index contributed by atoms with van der Waals surface area (Å²) >= 11 is 0. The van der Waals surface area contributed by atoms with E-state index in [9.17, 15) is 25.2 Å². The zero-order chi connectivity index (χ0) is 20.5. The van der Waals surface area contributed by atoms with E-state index in [0.717, 1.165) is 5.56 Å². The Bertz CT molecular complexity index is 1050. The van der Waals surface area contributed by atoms with Gasteiger partial charge in [0.25, 0.3) is 0 Å². The number of hydrogen-bond acceptors (Lipinski definition) is 8. The molecule has 2 unspecified atom stereocenters. The fourth-order valence-corrected chi connectivity index (χ4v) is 3.25. The van der Waals surface area contributed by atoms with E-state index in [-0.39, 0.29) is 16.6 Å². The van der Waals surface area contributed by atoms with Crippen LogP contribution in [0.3, 0.4) is 0 Å². The lowest BCUT2D eigenvalue weighted by atomic mass is 9.99. The van der Waals surface area contributed by atoms with Gasteiger partial charge in [0.05, 0.1) is 12.0 Å². The van der Waals surface area contributed by atoms with Crippen LogP contribution >= 0.6 is 0 Å². The lowest BCUT2D eigenvalue weighted by Crippen LogP contribution is -2.60. The number of aliphatic hydroxyl groups is 4. The van der Waals surface area contributed by atoms with Gasteiger partial charge < -0.3 is 34.3 Å². The van der Waals surface area contributed by atoms with E-state index in [1.54, 1.807) is 6.07 Å². The molecule has 0 radical (unpaired) electrons. The van der Waals surface area contributed by atoms with E-state index in [4.69, 9.17) is 13.9 Å². The number of aliphatic hydroxyl groups excluding tert-OH is 4. The summed E-state index contributed by atoms with van der Waals surface area (Å²) in [5.41, 5.74) is 0.856. The van der Waals surface area contributed by atoms with Crippen molar-refractivity contribution in [3.63, 3.8) is 0 Å². The largest absolute Gasteiger partial charge is 0.462 e. The number of benzene rings is 2. The molecule has 1 aromatic heterocycles. The maximum absolute atomic E-state index is 12.6. The van der Waals surface area contributed by atoms with Crippen LogP contribution in [0.15, 0.2) is 63.8 Å². The molecule has 8 nitrogen and oxygen atoms in total. The highest BCUT2D eigenvalue weighted by Gasteiger charge is 2.44. The van der Waals surface area contributed by atoms with Gasteiger partial charge in [0.1, 0.15) is 41.5 Å². The van der Waals surface area contributed by atoms with Gasteiger partial charge >= 0.3 is 0 Å². The van der Waals surface area contributed by atoms with Gasteiger partial charge in [-0.05, 0) is 18.2 Å². The van der Waals surface area contributed by atoms with Crippen LogP contribution in [-0.2, 0) is 4.74 Å². The molecule has 2 heterocycles. The van der Waals surface area contributed by atoms with Crippen molar-refractivity contribution in [1.29, 1.82) is 0 Å². The Morgan fingerprint density at radius 3 is 2.41 bits per heavy atom. The van der Waals surface area contributed by atoms with Gasteiger partial charge in [-0.15, -0.1) is 0 Å². The highest BCUT2D eigenvalue weighted by Crippen LogP contribution is 2.27. The summed E-state index contributed by atoms with van der Waals surface area (Å²) in [6.07, 6.45) is -6.99. The summed E-state index contributed by atoms with van der Waals surface area (Å²) in [6, 6.07) is 15.1. The summed E-state index contributed by atoms with van der Waals surface area (Å²) in [4.78, 5) is 12.6. The molecule has 4 N–H and O–H groups in total. The van der Waals surface area contributed by atoms with Crippen molar-refractivity contribution in [2.24, 2.45) is 0 Å². The molecule has 1 aliphatic rings. The third-order valence-corrected chi connectivity index (χ3v) is 4.86. The molecular formula is C21H20O8. The van der Waals surface area contributed by atoms with Crippen LogP contribution in [0.1, 0.15) is 0 Å². The Balaban J connectivity index is 1.63. The van der Waals surface area contributed by atoms with Crippen LogP contribution in [-0.4, -0.2) is 57.7 Å². The Labute approximate surface area is 165 Å². The summed E-state index contributed by atoms with van der Waals surface area (Å²) in [7, 11) is 0. The van der Waals surface area contributed by atoms with Crippen LogP contribution in [0.5, 0.6) is 5.75 Å². The molecule has 8 heteroatoms. The van der Waals surface area contributed by atoms with Gasteiger partial charge in [0.2, 0.25) is 6.29 Å². The van der Waals surface area contributed by atoms with Crippen LogP contribution < -0.4 is 10.2 Å². The standard InChI is InChI=1S/C21H20O8/c22-10-17-18(24)19(25)20(26)21(29-17)27-12-6-7-15-13(8-12)14(23)9-16(28-15)11-4-2-1-3-5-11/h1-9,17-22,24-26H,10H2/t17?,18-,19-,20?,21-/m1/s1. The second-order valence-electron chi connectivity index (χ2n) is 6.81. The first-order chi connectivity index (χ1) is 14.0. The molecule has 0 amide bonds. The van der Waals surface area contributed by atoms with Crippen molar-refractivity contribution in [3.05, 3.63) is 64.8 Å². The van der Waals surface area contributed by atoms with E-state index in [1.807, 2.05) is 30.3 Å². The Kier molecular flexibility index (Phi) is 5.35. The van der Waals surface area contributed by atoms with Crippen LogP contribution in [0.25, 0.3) is 22.3 Å². The normalized spacial score (nSPS) is 27.1. The topological polar surface area (TPSA) is 130 Å². The molecule has 152 valence electrons. The van der Waals surface area contributed by atoms with Gasteiger partial charge in [-0.3, -0.25) is 4.79 Å². The summed E-state index contributed by atoms with van der Waals surface area (Å²) < 4.78 is 16.7. The van der Waals surface area contributed by atoms with Crippen LogP contribution in [0, 0.1) is 0 Å². The van der Waals surface area contributed by atoms with Gasteiger partial charge in [-0.1, -0.05) is 30.3 Å². The number of ether oxygens (including phenoxy) is 2. The quantitative estimate of drug-likeness (QED) is 0.502. The first-order valence-electron chi connectivity index (χ1n) is 9.08. The van der Waals surface area contributed by atoms with Gasteiger partial charge in [0.15, 0.2) is 5.43 Å². The van der Waals surface area contributed by atoms with Gasteiger partial charge in [-0.25, -0.2) is 0 Å². The van der Waals surface area contributed by atoms with Gasteiger partial charge in [-0.2, -0.15) is 0 Å². The third-order valence-electron chi connectivity index (χ3n) is 4.86. The molecule has 2 aromatic carbocycles. The maximum atomic E-state index is 12.6. The van der Waals surface area contributed by atoms with Crippen molar-refractivity contribution in [2.75, 3.05) is 6.61 Å². The lowest BCUT2D eigenvalue weighted by Gasteiger charge is -2.39. The predicted octanol–water partition coefficient (Wildman–Crippen LogP) is 0.639. The Morgan fingerprint density at radius 2 is 1.69 bits per heavy atom. The predicted molar refractivity (Wildman–Crippen MR) is 102 cm³/mol. The first kappa shape index (κ1) is 19.6. The van der Waals surface area contributed by atoms with Crippen molar-refractivity contribution in [3.8, 4) is 17.1 Å². The van der Waals surface area contributed by atoms with E-state index >= 15 is 0 Å². The minimum absolute atomic E-state index is 0.196. The molecule has 1 saturated heterocycles. The smallest absolute Gasteiger partial charge is 0.229 e. The first-order valence-corrected chi connectivity index (χ1v) is 9.08. The molecule has 1 aliphatic heterocycles. The van der Waals surface area contributed by atoms with Crippen LogP contribution in [0.2, 0.25) is 0 Å². The summed E-state index contributed by atoms with van der Waals surface area (Å²) in [5, 5.41) is 39.3. The molecule has 0 saturated carbocycles.